The number of aryl methyl sites for hydroxylation is 1. The molecule has 33 heavy (non-hydrogen) atoms. The number of hydrogen-bond donors (Lipinski definition) is 1. The number of rotatable bonds is 5. The molecule has 0 aliphatic carbocycles. The first-order chi connectivity index (χ1) is 15.6. The number of aromatic nitrogens is 3. The molecule has 10 heteroatoms. The highest BCUT2D eigenvalue weighted by Gasteiger charge is 2.38. The molecule has 0 unspecified atom stereocenters. The summed E-state index contributed by atoms with van der Waals surface area (Å²) in [4.78, 5) is 14.6. The molecule has 0 spiro atoms. The van der Waals surface area contributed by atoms with Crippen LogP contribution in [0.4, 0.5) is 13.2 Å². The maximum Gasteiger partial charge on any atom is 0.416 e. The van der Waals surface area contributed by atoms with Crippen LogP contribution in [0.5, 0.6) is 0 Å². The molecule has 2 aromatic carbocycles. The summed E-state index contributed by atoms with van der Waals surface area (Å²) < 4.78 is 41.0. The van der Waals surface area contributed by atoms with Gasteiger partial charge in [0.1, 0.15) is 5.82 Å². The maximum absolute atomic E-state index is 13.1. The van der Waals surface area contributed by atoms with E-state index in [-0.39, 0.29) is 30.9 Å². The summed E-state index contributed by atoms with van der Waals surface area (Å²) >= 11 is 5.97. The fourth-order valence-corrected chi connectivity index (χ4v) is 4.21. The molecule has 0 bridgehead atoms. The van der Waals surface area contributed by atoms with Crippen LogP contribution in [0.1, 0.15) is 40.8 Å². The van der Waals surface area contributed by atoms with Crippen LogP contribution in [0.25, 0.3) is 0 Å². The fourth-order valence-electron chi connectivity index (χ4n) is 4.08. The van der Waals surface area contributed by atoms with Crippen LogP contribution in [0, 0.1) is 6.92 Å². The number of benzene rings is 2. The number of alkyl halides is 3. The second-order valence-corrected chi connectivity index (χ2v) is 8.58. The molecule has 0 radical (unpaired) electrons. The average molecular weight is 479 g/mol. The zero-order valence-electron chi connectivity index (χ0n) is 17.8. The van der Waals surface area contributed by atoms with Crippen LogP contribution in [0.15, 0.2) is 48.5 Å². The van der Waals surface area contributed by atoms with Crippen LogP contribution in [0.3, 0.4) is 0 Å². The van der Waals surface area contributed by atoms with Gasteiger partial charge in [0.25, 0.3) is 0 Å². The van der Waals surface area contributed by atoms with E-state index in [2.05, 4.69) is 10.2 Å². The Balaban J connectivity index is 1.57. The number of hydrogen-bond acceptors (Lipinski definition) is 4. The minimum Gasteiger partial charge on any atom is -0.391 e. The molecular weight excluding hydrogens is 457 g/mol. The molecule has 3 aromatic rings. The first-order valence-corrected chi connectivity index (χ1v) is 10.8. The summed E-state index contributed by atoms with van der Waals surface area (Å²) in [5.41, 5.74) is 0.418. The lowest BCUT2D eigenvalue weighted by atomic mass is 10.1. The molecule has 174 valence electrons. The molecule has 2 heterocycles. The Morgan fingerprint density at radius 2 is 1.88 bits per heavy atom. The molecule has 1 aromatic heterocycles. The Bertz CT molecular complexity index is 1150. The van der Waals surface area contributed by atoms with Gasteiger partial charge in [-0.2, -0.15) is 13.2 Å². The lowest BCUT2D eigenvalue weighted by Gasteiger charge is -2.25. The topological polar surface area (TPSA) is 71.2 Å². The number of aliphatic hydroxyl groups excluding tert-OH is 1. The second-order valence-electron chi connectivity index (χ2n) is 8.14. The van der Waals surface area contributed by atoms with Gasteiger partial charge < -0.3 is 14.6 Å². The van der Waals surface area contributed by atoms with Gasteiger partial charge in [0.05, 0.1) is 30.7 Å². The molecule has 1 aliphatic rings. The molecular formula is C23H22ClF3N4O2. The van der Waals surface area contributed by atoms with Crippen molar-refractivity contribution in [1.29, 1.82) is 0 Å². The van der Waals surface area contributed by atoms with Crippen LogP contribution < -0.4 is 0 Å². The van der Waals surface area contributed by atoms with Crippen LogP contribution in [0.2, 0.25) is 5.02 Å². The standard InChI is InChI=1S/C23H22ClF3N4O2/c1-14-28-29-22(30(14)12-15-5-7-18(24)8-6-15)20-11-19(32)13-31(20)21(33)10-16-3-2-4-17(9-16)23(25,26)27/h2-9,19-20,32H,10-13H2,1H3/t19-,20-/m1/s1. The van der Waals surface area contributed by atoms with E-state index in [0.29, 0.717) is 23.2 Å². The third-order valence-electron chi connectivity index (χ3n) is 5.73. The van der Waals surface area contributed by atoms with Crippen LogP contribution >= 0.6 is 11.6 Å². The third kappa shape index (κ3) is 5.20. The SMILES string of the molecule is Cc1nnc([C@H]2C[C@@H](O)CN2C(=O)Cc2cccc(C(F)(F)F)c2)n1Cc1ccc(Cl)cc1. The molecule has 1 amide bonds. The summed E-state index contributed by atoms with van der Waals surface area (Å²) in [5.74, 6) is 0.789. The largest absolute Gasteiger partial charge is 0.416 e. The molecule has 4 rings (SSSR count). The zero-order chi connectivity index (χ0) is 23.8. The Morgan fingerprint density at radius 1 is 1.15 bits per heavy atom. The minimum atomic E-state index is -4.49. The Kier molecular flexibility index (Phi) is 6.45. The van der Waals surface area contributed by atoms with E-state index in [1.807, 2.05) is 16.7 Å². The van der Waals surface area contributed by atoms with Gasteiger partial charge >= 0.3 is 6.18 Å². The number of halogens is 4. The first-order valence-electron chi connectivity index (χ1n) is 10.4. The summed E-state index contributed by atoms with van der Waals surface area (Å²) in [6, 6.07) is 11.5. The maximum atomic E-state index is 13.1. The molecule has 1 saturated heterocycles. The minimum absolute atomic E-state index is 0.0787. The number of nitrogens with zero attached hydrogens (tertiary/aromatic N) is 4. The number of amides is 1. The number of carbonyl (C=O) groups excluding carboxylic acids is 1. The van der Waals surface area contributed by atoms with Crippen molar-refractivity contribution in [3.05, 3.63) is 81.9 Å². The van der Waals surface area contributed by atoms with E-state index < -0.39 is 23.9 Å². The van der Waals surface area contributed by atoms with Crippen molar-refractivity contribution in [1.82, 2.24) is 19.7 Å². The highest BCUT2D eigenvalue weighted by molar-refractivity contribution is 6.30. The highest BCUT2D eigenvalue weighted by Crippen LogP contribution is 2.33. The van der Waals surface area contributed by atoms with Gasteiger partial charge in [-0.05, 0) is 36.2 Å². The van der Waals surface area contributed by atoms with Gasteiger partial charge in [-0.1, -0.05) is 41.9 Å². The van der Waals surface area contributed by atoms with Crippen molar-refractivity contribution in [2.24, 2.45) is 0 Å². The zero-order valence-corrected chi connectivity index (χ0v) is 18.5. The Labute approximate surface area is 193 Å². The van der Waals surface area contributed by atoms with Gasteiger partial charge in [0.2, 0.25) is 5.91 Å². The molecule has 1 N–H and O–H groups in total. The van der Waals surface area contributed by atoms with Crippen molar-refractivity contribution < 1.29 is 23.1 Å². The van der Waals surface area contributed by atoms with Gasteiger partial charge in [0.15, 0.2) is 5.82 Å². The molecule has 2 atom stereocenters. The summed E-state index contributed by atoms with van der Waals surface area (Å²) in [5, 5.41) is 19.3. The molecule has 1 aliphatic heterocycles. The van der Waals surface area contributed by atoms with E-state index in [1.54, 1.807) is 19.1 Å². The van der Waals surface area contributed by atoms with Crippen LogP contribution in [-0.4, -0.2) is 43.3 Å². The first kappa shape index (κ1) is 23.3. The Hall–Kier alpha value is -2.91. The smallest absolute Gasteiger partial charge is 0.391 e. The summed E-state index contributed by atoms with van der Waals surface area (Å²) in [6.45, 7) is 2.33. The van der Waals surface area contributed by atoms with Crippen molar-refractivity contribution in [2.75, 3.05) is 6.54 Å². The normalized spacial score (nSPS) is 18.7. The quantitative estimate of drug-likeness (QED) is 0.597. The number of aliphatic hydroxyl groups is 1. The molecule has 1 fully saturated rings. The van der Waals surface area contributed by atoms with Gasteiger partial charge in [-0.25, -0.2) is 0 Å². The highest BCUT2D eigenvalue weighted by atomic mass is 35.5. The van der Waals surface area contributed by atoms with Gasteiger partial charge in [-0.3, -0.25) is 4.79 Å². The monoisotopic (exact) mass is 478 g/mol. The second kappa shape index (κ2) is 9.15. The predicted octanol–water partition coefficient (Wildman–Crippen LogP) is 4.18. The lowest BCUT2D eigenvalue weighted by molar-refractivity contribution is -0.138. The third-order valence-corrected chi connectivity index (χ3v) is 5.98. The van der Waals surface area contributed by atoms with E-state index in [0.717, 1.165) is 17.7 Å². The van der Waals surface area contributed by atoms with Crippen molar-refractivity contribution in [3.8, 4) is 0 Å². The summed E-state index contributed by atoms with van der Waals surface area (Å²) in [7, 11) is 0. The van der Waals surface area contributed by atoms with E-state index >= 15 is 0 Å². The van der Waals surface area contributed by atoms with E-state index in [1.165, 1.54) is 17.0 Å². The van der Waals surface area contributed by atoms with Crippen LogP contribution in [-0.2, 0) is 23.9 Å². The van der Waals surface area contributed by atoms with E-state index in [4.69, 9.17) is 11.6 Å². The molecule has 0 saturated carbocycles. The molecule has 6 nitrogen and oxygen atoms in total. The summed E-state index contributed by atoms with van der Waals surface area (Å²) in [6.07, 6.45) is -5.19. The fraction of sp³-hybridized carbons (Fsp3) is 0.348. The van der Waals surface area contributed by atoms with Crippen molar-refractivity contribution >= 4 is 17.5 Å². The number of β-amino-alcohol motifs (C(OH)–C–C–N with tert-alkyl or cyclic N) is 1. The van der Waals surface area contributed by atoms with Gasteiger partial charge in [0, 0.05) is 18.0 Å². The van der Waals surface area contributed by atoms with Gasteiger partial charge in [-0.15, -0.1) is 10.2 Å². The number of likely N-dealkylation sites (tertiary alicyclic amines) is 1. The van der Waals surface area contributed by atoms with E-state index in [9.17, 15) is 23.1 Å². The lowest BCUT2D eigenvalue weighted by Crippen LogP contribution is -2.34. The van der Waals surface area contributed by atoms with Crippen molar-refractivity contribution in [3.63, 3.8) is 0 Å². The average Bonchev–Trinajstić information content (AvgIpc) is 3.32. The number of carbonyl (C=O) groups is 1. The van der Waals surface area contributed by atoms with Crippen molar-refractivity contribution in [2.45, 2.75) is 44.6 Å². The predicted molar refractivity (Wildman–Crippen MR) is 116 cm³/mol. The Morgan fingerprint density at radius 3 is 2.58 bits per heavy atom.